The van der Waals surface area contributed by atoms with E-state index in [1.807, 2.05) is 0 Å². The van der Waals surface area contributed by atoms with Crippen molar-refractivity contribution < 1.29 is 4.74 Å². The smallest absolute Gasteiger partial charge is 0.0720 e. The van der Waals surface area contributed by atoms with Crippen LogP contribution in [0.2, 0.25) is 0 Å². The molecular weight excluding hydrogens is 328 g/mol. The fourth-order valence-corrected chi connectivity index (χ4v) is 8.29. The van der Waals surface area contributed by atoms with Crippen LogP contribution in [0.25, 0.3) is 0 Å². The van der Waals surface area contributed by atoms with E-state index in [-0.39, 0.29) is 0 Å². The molecule has 0 spiro atoms. The van der Waals surface area contributed by atoms with Crippen molar-refractivity contribution in [2.45, 2.75) is 90.8 Å². The molecular formula is C26H38O. The van der Waals surface area contributed by atoms with Crippen LogP contribution in [0.15, 0.2) is 30.3 Å². The van der Waals surface area contributed by atoms with Crippen molar-refractivity contribution in [2.75, 3.05) is 0 Å². The van der Waals surface area contributed by atoms with Crippen LogP contribution in [0.5, 0.6) is 0 Å². The van der Waals surface area contributed by atoms with Gasteiger partial charge in [-0.15, -0.1) is 0 Å². The average molecular weight is 367 g/mol. The van der Waals surface area contributed by atoms with E-state index in [2.05, 4.69) is 44.2 Å². The predicted molar refractivity (Wildman–Crippen MR) is 111 cm³/mol. The number of ether oxygens (including phenoxy) is 1. The summed E-state index contributed by atoms with van der Waals surface area (Å²) in [6.07, 6.45) is 15.1. The fourth-order valence-electron chi connectivity index (χ4n) is 8.29. The molecule has 1 aromatic rings. The van der Waals surface area contributed by atoms with Crippen LogP contribution in [0.3, 0.4) is 0 Å². The first-order valence-corrected chi connectivity index (χ1v) is 11.8. The van der Waals surface area contributed by atoms with Gasteiger partial charge in [-0.3, -0.25) is 0 Å². The van der Waals surface area contributed by atoms with E-state index in [1.165, 1.54) is 69.8 Å². The molecule has 0 aromatic heterocycles. The van der Waals surface area contributed by atoms with Crippen LogP contribution < -0.4 is 0 Å². The molecule has 4 aliphatic rings. The van der Waals surface area contributed by atoms with E-state index in [1.54, 1.807) is 0 Å². The van der Waals surface area contributed by atoms with Crippen molar-refractivity contribution in [2.24, 2.45) is 34.5 Å². The van der Waals surface area contributed by atoms with E-state index in [9.17, 15) is 0 Å². The largest absolute Gasteiger partial charge is 0.373 e. The van der Waals surface area contributed by atoms with Crippen molar-refractivity contribution in [1.82, 2.24) is 0 Å². The average Bonchev–Trinajstić information content (AvgIpc) is 3.03. The first-order chi connectivity index (χ1) is 13.1. The van der Waals surface area contributed by atoms with Crippen molar-refractivity contribution >= 4 is 0 Å². The van der Waals surface area contributed by atoms with Gasteiger partial charge in [0.05, 0.1) is 12.7 Å². The summed E-state index contributed by atoms with van der Waals surface area (Å²) in [5.74, 6) is 3.93. The maximum Gasteiger partial charge on any atom is 0.0720 e. The Morgan fingerprint density at radius 2 is 1.63 bits per heavy atom. The topological polar surface area (TPSA) is 9.23 Å². The van der Waals surface area contributed by atoms with Gasteiger partial charge in [-0.2, -0.15) is 0 Å². The third kappa shape index (κ3) is 2.91. The third-order valence-corrected chi connectivity index (χ3v) is 9.79. The Morgan fingerprint density at radius 1 is 0.815 bits per heavy atom. The summed E-state index contributed by atoms with van der Waals surface area (Å²) in [7, 11) is 0. The molecule has 0 unspecified atom stereocenters. The molecule has 0 heterocycles. The Hall–Kier alpha value is -0.820. The molecule has 4 saturated carbocycles. The highest BCUT2D eigenvalue weighted by molar-refractivity contribution is 5.14. The number of hydrogen-bond donors (Lipinski definition) is 0. The first-order valence-electron chi connectivity index (χ1n) is 11.8. The summed E-state index contributed by atoms with van der Waals surface area (Å²) in [6, 6.07) is 10.8. The fraction of sp³-hybridized carbons (Fsp3) is 0.769. The minimum atomic E-state index is 0.424. The zero-order valence-electron chi connectivity index (χ0n) is 17.5. The molecule has 0 saturated heterocycles. The molecule has 0 radical (unpaired) electrons. The summed E-state index contributed by atoms with van der Waals surface area (Å²) in [4.78, 5) is 0. The lowest BCUT2D eigenvalue weighted by Gasteiger charge is -2.60. The highest BCUT2D eigenvalue weighted by atomic mass is 16.5. The minimum absolute atomic E-state index is 0.424. The maximum absolute atomic E-state index is 6.57. The van der Waals surface area contributed by atoms with Gasteiger partial charge in [-0.1, -0.05) is 57.0 Å². The number of benzene rings is 1. The van der Waals surface area contributed by atoms with Gasteiger partial charge >= 0.3 is 0 Å². The van der Waals surface area contributed by atoms with E-state index >= 15 is 0 Å². The molecule has 4 aliphatic carbocycles. The van der Waals surface area contributed by atoms with Gasteiger partial charge < -0.3 is 4.74 Å². The minimum Gasteiger partial charge on any atom is -0.373 e. The van der Waals surface area contributed by atoms with E-state index in [0.717, 1.165) is 30.3 Å². The van der Waals surface area contributed by atoms with Crippen molar-refractivity contribution in [3.8, 4) is 0 Å². The SMILES string of the molecule is C[C@]12CCCC[C@@H]1CC[C@@H]1[C@@H]2CC[C@]2(C)[C@@H](OCc3ccccc3)CC[C@@H]12. The first kappa shape index (κ1) is 18.2. The zero-order chi connectivity index (χ0) is 18.5. The van der Waals surface area contributed by atoms with Gasteiger partial charge in [0.25, 0.3) is 0 Å². The summed E-state index contributed by atoms with van der Waals surface area (Å²) in [5, 5.41) is 0. The number of fused-ring (bicyclic) bond motifs is 5. The van der Waals surface area contributed by atoms with Crippen molar-refractivity contribution in [3.63, 3.8) is 0 Å². The van der Waals surface area contributed by atoms with Crippen LogP contribution in [-0.2, 0) is 11.3 Å². The van der Waals surface area contributed by atoms with Crippen molar-refractivity contribution in [3.05, 3.63) is 35.9 Å². The molecule has 0 bridgehead atoms. The lowest BCUT2D eigenvalue weighted by atomic mass is 9.45. The van der Waals surface area contributed by atoms with Gasteiger partial charge in [0.1, 0.15) is 0 Å². The molecule has 0 aliphatic heterocycles. The standard InChI is InChI=1S/C26H38O/c1-25-16-7-6-10-20(25)11-12-21-22-13-14-24(26(22,2)17-15-23(21)25)27-18-19-8-4-3-5-9-19/h3-5,8-9,20-24H,6-7,10-18H2,1-2H3/t20-,21+,22+,23+,24+,25+,26+/m1/s1. The summed E-state index contributed by atoms with van der Waals surface area (Å²) >= 11 is 0. The van der Waals surface area contributed by atoms with E-state index in [0.29, 0.717) is 16.9 Å². The lowest BCUT2D eigenvalue weighted by molar-refractivity contribution is -0.132. The van der Waals surface area contributed by atoms with Gasteiger partial charge in [0.15, 0.2) is 0 Å². The highest BCUT2D eigenvalue weighted by Crippen LogP contribution is 2.66. The van der Waals surface area contributed by atoms with Gasteiger partial charge in [-0.05, 0) is 91.4 Å². The van der Waals surface area contributed by atoms with E-state index in [4.69, 9.17) is 4.74 Å². The molecule has 1 aromatic carbocycles. The number of hydrogen-bond acceptors (Lipinski definition) is 1. The molecule has 4 fully saturated rings. The molecule has 27 heavy (non-hydrogen) atoms. The van der Waals surface area contributed by atoms with Gasteiger partial charge in [-0.25, -0.2) is 0 Å². The van der Waals surface area contributed by atoms with E-state index < -0.39 is 0 Å². The number of rotatable bonds is 3. The Kier molecular flexibility index (Phi) is 4.66. The second kappa shape index (κ2) is 6.90. The second-order valence-electron chi connectivity index (χ2n) is 10.8. The van der Waals surface area contributed by atoms with Crippen LogP contribution >= 0.6 is 0 Å². The second-order valence-corrected chi connectivity index (χ2v) is 10.8. The predicted octanol–water partition coefficient (Wildman–Crippen LogP) is 7.00. The Labute approximate surface area is 166 Å². The molecule has 5 rings (SSSR count). The molecule has 1 nitrogen and oxygen atoms in total. The summed E-state index contributed by atoms with van der Waals surface area (Å²) in [6.45, 7) is 6.07. The Balaban J connectivity index is 1.32. The highest BCUT2D eigenvalue weighted by Gasteiger charge is 2.59. The summed E-state index contributed by atoms with van der Waals surface area (Å²) in [5.41, 5.74) is 2.41. The summed E-state index contributed by atoms with van der Waals surface area (Å²) < 4.78 is 6.57. The Bertz CT molecular complexity index is 653. The van der Waals surface area contributed by atoms with Crippen LogP contribution in [0, 0.1) is 34.5 Å². The molecule has 0 amide bonds. The monoisotopic (exact) mass is 366 g/mol. The maximum atomic E-state index is 6.57. The normalized spacial score (nSPS) is 46.4. The molecule has 148 valence electrons. The van der Waals surface area contributed by atoms with Gasteiger partial charge in [0.2, 0.25) is 0 Å². The third-order valence-electron chi connectivity index (χ3n) is 9.79. The van der Waals surface area contributed by atoms with Crippen LogP contribution in [-0.4, -0.2) is 6.10 Å². The quantitative estimate of drug-likeness (QED) is 0.559. The van der Waals surface area contributed by atoms with Gasteiger partial charge in [0, 0.05) is 0 Å². The van der Waals surface area contributed by atoms with Crippen LogP contribution in [0.4, 0.5) is 0 Å². The molecule has 1 heteroatoms. The zero-order valence-corrected chi connectivity index (χ0v) is 17.5. The Morgan fingerprint density at radius 3 is 2.48 bits per heavy atom. The van der Waals surface area contributed by atoms with Crippen LogP contribution in [0.1, 0.15) is 83.6 Å². The molecule has 0 N–H and O–H groups in total. The molecule has 7 atom stereocenters. The lowest BCUT2D eigenvalue weighted by Crippen LogP contribution is -2.53. The van der Waals surface area contributed by atoms with Crippen molar-refractivity contribution in [1.29, 1.82) is 0 Å².